The Kier molecular flexibility index (Phi) is 2.47. The Bertz CT molecular complexity index is 363. The highest BCUT2D eigenvalue weighted by atomic mass is 35.5. The smallest absolute Gasteiger partial charge is 0.250 e. The maximum Gasteiger partial charge on any atom is 0.250 e. The Morgan fingerprint density at radius 1 is 1.13 bits per heavy atom. The molecule has 1 aliphatic rings. The monoisotopic (exact) mass is 231 g/mol. The molecule has 0 aromatic heterocycles. The highest BCUT2D eigenvalue weighted by Gasteiger charge is 2.47. The third-order valence-corrected chi connectivity index (χ3v) is 3.18. The quantitative estimate of drug-likeness (QED) is 0.789. The van der Waals surface area contributed by atoms with E-state index in [9.17, 15) is 8.78 Å². The van der Waals surface area contributed by atoms with Crippen molar-refractivity contribution >= 4 is 11.6 Å². The average molecular weight is 232 g/mol. The maximum atomic E-state index is 13.1. The molecule has 1 nitrogen and oxygen atoms in total. The molecule has 15 heavy (non-hydrogen) atoms. The van der Waals surface area contributed by atoms with Gasteiger partial charge in [-0.3, -0.25) is 0 Å². The zero-order valence-corrected chi connectivity index (χ0v) is 8.90. The van der Waals surface area contributed by atoms with Crippen molar-refractivity contribution in [3.05, 3.63) is 34.9 Å². The third-order valence-electron chi connectivity index (χ3n) is 2.93. The summed E-state index contributed by atoms with van der Waals surface area (Å²) in [4.78, 5) is 0. The molecule has 82 valence electrons. The molecule has 0 amide bonds. The lowest BCUT2D eigenvalue weighted by atomic mass is 9.89. The first-order valence-electron chi connectivity index (χ1n) is 4.84. The van der Waals surface area contributed by atoms with Crippen molar-refractivity contribution in [3.8, 4) is 0 Å². The van der Waals surface area contributed by atoms with Crippen molar-refractivity contribution in [1.82, 2.24) is 0 Å². The summed E-state index contributed by atoms with van der Waals surface area (Å²) < 4.78 is 26.2. The van der Waals surface area contributed by atoms with Gasteiger partial charge in [0.1, 0.15) is 0 Å². The molecule has 4 heteroatoms. The Labute approximate surface area is 92.2 Å². The normalized spacial score (nSPS) is 29.3. The van der Waals surface area contributed by atoms with E-state index in [1.807, 2.05) is 0 Å². The van der Waals surface area contributed by atoms with E-state index in [0.29, 0.717) is 11.4 Å². The van der Waals surface area contributed by atoms with Crippen molar-refractivity contribution in [2.24, 2.45) is 5.73 Å². The van der Waals surface area contributed by atoms with Crippen LogP contribution in [0.5, 0.6) is 0 Å². The standard InChI is InChI=1S/C11H12ClF2N/c12-9-3-1-8(2-4-9)10(15)5-6-11(13,14)7-10/h1-4H,5-7,15H2. The minimum absolute atomic E-state index is 0.133. The minimum Gasteiger partial charge on any atom is -0.321 e. The number of nitrogens with two attached hydrogens (primary N) is 1. The number of halogens is 3. The molecule has 0 bridgehead atoms. The van der Waals surface area contributed by atoms with Crippen molar-refractivity contribution in [2.75, 3.05) is 0 Å². The van der Waals surface area contributed by atoms with Crippen molar-refractivity contribution in [3.63, 3.8) is 0 Å². The molecule has 1 aliphatic carbocycles. The number of benzene rings is 1. The minimum atomic E-state index is -2.63. The Morgan fingerprint density at radius 2 is 1.73 bits per heavy atom. The molecule has 0 radical (unpaired) electrons. The second-order valence-corrected chi connectivity index (χ2v) is 4.63. The molecule has 1 fully saturated rings. The second kappa shape index (κ2) is 3.42. The van der Waals surface area contributed by atoms with Gasteiger partial charge in [0.15, 0.2) is 0 Å². The summed E-state index contributed by atoms with van der Waals surface area (Å²) in [6.07, 6.45) is -0.0879. The topological polar surface area (TPSA) is 26.0 Å². The van der Waals surface area contributed by atoms with Gasteiger partial charge in [-0.1, -0.05) is 23.7 Å². The molecular formula is C11H12ClF2N. The van der Waals surface area contributed by atoms with Gasteiger partial charge in [0.05, 0.1) is 0 Å². The van der Waals surface area contributed by atoms with E-state index in [0.717, 1.165) is 5.56 Å². The van der Waals surface area contributed by atoms with Crippen LogP contribution < -0.4 is 5.73 Å². The highest BCUT2D eigenvalue weighted by molar-refractivity contribution is 6.30. The number of alkyl halides is 2. The Morgan fingerprint density at radius 3 is 2.20 bits per heavy atom. The summed E-state index contributed by atoms with van der Waals surface area (Å²) in [6.45, 7) is 0. The summed E-state index contributed by atoms with van der Waals surface area (Å²) in [5.41, 5.74) is 5.83. The van der Waals surface area contributed by atoms with Gasteiger partial charge in [-0.2, -0.15) is 0 Å². The largest absolute Gasteiger partial charge is 0.321 e. The molecule has 0 spiro atoms. The molecule has 1 aromatic carbocycles. The van der Waals surface area contributed by atoms with Gasteiger partial charge in [0, 0.05) is 23.4 Å². The second-order valence-electron chi connectivity index (χ2n) is 4.20. The van der Waals surface area contributed by atoms with E-state index in [-0.39, 0.29) is 12.8 Å². The molecular weight excluding hydrogens is 220 g/mol. The van der Waals surface area contributed by atoms with Crippen molar-refractivity contribution in [1.29, 1.82) is 0 Å². The summed E-state index contributed by atoms with van der Waals surface area (Å²) in [7, 11) is 0. The van der Waals surface area contributed by atoms with Crippen LogP contribution in [-0.2, 0) is 5.54 Å². The van der Waals surface area contributed by atoms with E-state index in [1.165, 1.54) is 0 Å². The Hall–Kier alpha value is -0.670. The van der Waals surface area contributed by atoms with Crippen molar-refractivity contribution in [2.45, 2.75) is 30.7 Å². The van der Waals surface area contributed by atoms with Gasteiger partial charge in [-0.25, -0.2) is 8.78 Å². The average Bonchev–Trinajstić information content (AvgIpc) is 2.43. The fourth-order valence-electron chi connectivity index (χ4n) is 2.07. The van der Waals surface area contributed by atoms with Gasteiger partial charge >= 0.3 is 0 Å². The Balaban J connectivity index is 2.27. The molecule has 1 saturated carbocycles. The van der Waals surface area contributed by atoms with Crippen LogP contribution in [0.3, 0.4) is 0 Å². The van der Waals surface area contributed by atoms with Crippen LogP contribution in [0.1, 0.15) is 24.8 Å². The lowest BCUT2D eigenvalue weighted by Crippen LogP contribution is -2.35. The van der Waals surface area contributed by atoms with E-state index in [2.05, 4.69) is 0 Å². The van der Waals surface area contributed by atoms with Crippen LogP contribution in [0.4, 0.5) is 8.78 Å². The summed E-state index contributed by atoms with van der Waals surface area (Å²) in [5.74, 6) is -2.63. The fraction of sp³-hybridized carbons (Fsp3) is 0.455. The molecule has 1 aromatic rings. The maximum absolute atomic E-state index is 13.1. The zero-order valence-electron chi connectivity index (χ0n) is 8.14. The van der Waals surface area contributed by atoms with E-state index < -0.39 is 11.5 Å². The predicted molar refractivity (Wildman–Crippen MR) is 56.1 cm³/mol. The fourth-order valence-corrected chi connectivity index (χ4v) is 2.20. The van der Waals surface area contributed by atoms with Crippen LogP contribution in [-0.4, -0.2) is 5.92 Å². The van der Waals surface area contributed by atoms with Crippen LogP contribution in [0.2, 0.25) is 5.02 Å². The van der Waals surface area contributed by atoms with Gasteiger partial charge in [0.25, 0.3) is 0 Å². The van der Waals surface area contributed by atoms with Gasteiger partial charge in [-0.05, 0) is 24.1 Å². The SMILES string of the molecule is NC1(c2ccc(Cl)cc2)CCC(F)(F)C1. The van der Waals surface area contributed by atoms with Crippen LogP contribution in [0.25, 0.3) is 0 Å². The summed E-state index contributed by atoms with van der Waals surface area (Å²) in [5, 5.41) is 0.590. The van der Waals surface area contributed by atoms with Crippen LogP contribution >= 0.6 is 11.6 Å². The molecule has 1 unspecified atom stereocenters. The first kappa shape index (κ1) is 10.8. The van der Waals surface area contributed by atoms with E-state index in [4.69, 9.17) is 17.3 Å². The van der Waals surface area contributed by atoms with Crippen LogP contribution in [0, 0.1) is 0 Å². The first-order valence-corrected chi connectivity index (χ1v) is 5.22. The number of rotatable bonds is 1. The predicted octanol–water partition coefficient (Wildman–Crippen LogP) is 3.31. The number of hydrogen-bond donors (Lipinski definition) is 1. The lowest BCUT2D eigenvalue weighted by Gasteiger charge is -2.24. The zero-order chi connectivity index (χ0) is 11.1. The van der Waals surface area contributed by atoms with Gasteiger partial charge in [-0.15, -0.1) is 0 Å². The number of hydrogen-bond acceptors (Lipinski definition) is 1. The van der Waals surface area contributed by atoms with Crippen LogP contribution in [0.15, 0.2) is 24.3 Å². The van der Waals surface area contributed by atoms with E-state index in [1.54, 1.807) is 24.3 Å². The molecule has 0 saturated heterocycles. The van der Waals surface area contributed by atoms with Gasteiger partial charge in [0.2, 0.25) is 5.92 Å². The first-order chi connectivity index (χ1) is 6.91. The molecule has 0 aliphatic heterocycles. The van der Waals surface area contributed by atoms with Crippen molar-refractivity contribution < 1.29 is 8.78 Å². The molecule has 2 rings (SSSR count). The molecule has 2 N–H and O–H groups in total. The highest BCUT2D eigenvalue weighted by Crippen LogP contribution is 2.45. The summed E-state index contributed by atoms with van der Waals surface area (Å²) >= 11 is 5.73. The van der Waals surface area contributed by atoms with Gasteiger partial charge < -0.3 is 5.73 Å². The van der Waals surface area contributed by atoms with E-state index >= 15 is 0 Å². The summed E-state index contributed by atoms with van der Waals surface area (Å²) in [6, 6.07) is 6.82. The third kappa shape index (κ3) is 2.13. The lowest BCUT2D eigenvalue weighted by molar-refractivity contribution is 0.00291. The molecule has 1 atom stereocenters. The molecule has 0 heterocycles.